The molecule has 0 aliphatic heterocycles. The molecule has 0 amide bonds. The molecule has 0 aromatic carbocycles. The maximum atomic E-state index is 11.4. The van der Waals surface area contributed by atoms with Gasteiger partial charge in [0, 0.05) is 12.1 Å². The molecule has 0 heterocycles. The van der Waals surface area contributed by atoms with Gasteiger partial charge in [-0.25, -0.2) is 13.1 Å². The Morgan fingerprint density at radius 3 is 2.13 bits per heavy atom. The molecule has 0 aromatic heterocycles. The van der Waals surface area contributed by atoms with Crippen molar-refractivity contribution in [2.75, 3.05) is 12.3 Å². The first-order chi connectivity index (χ1) is 6.81. The summed E-state index contributed by atoms with van der Waals surface area (Å²) < 4.78 is 25.1. The molecule has 0 aliphatic rings. The van der Waals surface area contributed by atoms with Gasteiger partial charge in [0.2, 0.25) is 10.0 Å². The summed E-state index contributed by atoms with van der Waals surface area (Å²) in [5.41, 5.74) is 4.76. The van der Waals surface area contributed by atoms with Crippen LogP contribution in [-0.4, -0.2) is 37.3 Å². The van der Waals surface area contributed by atoms with Crippen molar-refractivity contribution in [2.24, 2.45) is 5.73 Å². The highest BCUT2D eigenvalue weighted by Crippen LogP contribution is 2.14. The van der Waals surface area contributed by atoms with Gasteiger partial charge in [0.1, 0.15) is 0 Å². The van der Waals surface area contributed by atoms with Crippen LogP contribution in [0, 0.1) is 0 Å². The third-order valence-electron chi connectivity index (χ3n) is 2.43. The molecule has 6 nitrogen and oxygen atoms in total. The van der Waals surface area contributed by atoms with Crippen molar-refractivity contribution in [1.82, 2.24) is 4.72 Å². The van der Waals surface area contributed by atoms with E-state index >= 15 is 0 Å². The zero-order chi connectivity index (χ0) is 12.1. The van der Waals surface area contributed by atoms with Gasteiger partial charge in [0.05, 0.1) is 0 Å². The maximum absolute atomic E-state index is 11.4. The van der Waals surface area contributed by atoms with E-state index in [-0.39, 0.29) is 6.54 Å². The molecule has 4 N–H and O–H groups in total. The summed E-state index contributed by atoms with van der Waals surface area (Å²) in [4.78, 5) is 10.3. The third kappa shape index (κ3) is 4.59. The Bertz CT molecular complexity index is 300. The molecule has 0 bridgehead atoms. The normalized spacial score (nSPS) is 12.7. The van der Waals surface area contributed by atoms with Gasteiger partial charge in [-0.15, -0.1) is 0 Å². The highest BCUT2D eigenvalue weighted by Gasteiger charge is 2.30. The van der Waals surface area contributed by atoms with Crippen LogP contribution in [-0.2, 0) is 14.8 Å². The molecular formula is C8H18N2O4S. The molecular weight excluding hydrogens is 220 g/mol. The smallest absolute Gasteiger partial charge is 0.320 e. The summed E-state index contributed by atoms with van der Waals surface area (Å²) in [6.45, 7) is 3.76. The topological polar surface area (TPSA) is 109 Å². The van der Waals surface area contributed by atoms with Gasteiger partial charge in [-0.1, -0.05) is 13.8 Å². The average Bonchev–Trinajstić information content (AvgIpc) is 2.12. The lowest BCUT2D eigenvalue weighted by atomic mass is 9.95. The lowest BCUT2D eigenvalue weighted by molar-refractivity contribution is -0.134. The van der Waals surface area contributed by atoms with Gasteiger partial charge >= 0.3 is 5.97 Å². The molecule has 0 fully saturated rings. The fraction of sp³-hybridized carbons (Fsp3) is 0.875. The lowest BCUT2D eigenvalue weighted by Crippen LogP contribution is -2.53. The number of sulfonamides is 1. The first-order valence-corrected chi connectivity index (χ1v) is 6.39. The van der Waals surface area contributed by atoms with Crippen molar-refractivity contribution in [1.29, 1.82) is 0 Å². The van der Waals surface area contributed by atoms with Crippen molar-refractivity contribution in [3.05, 3.63) is 0 Å². The second-order valence-electron chi connectivity index (χ2n) is 3.45. The van der Waals surface area contributed by atoms with E-state index < -0.39 is 27.3 Å². The third-order valence-corrected chi connectivity index (χ3v) is 3.80. The van der Waals surface area contributed by atoms with Crippen LogP contribution < -0.4 is 10.5 Å². The molecule has 0 rings (SSSR count). The molecule has 0 aliphatic carbocycles. The van der Waals surface area contributed by atoms with Crippen molar-refractivity contribution in [2.45, 2.75) is 32.2 Å². The monoisotopic (exact) mass is 238 g/mol. The van der Waals surface area contributed by atoms with E-state index in [1.54, 1.807) is 13.8 Å². The minimum atomic E-state index is -3.80. The molecule has 0 atom stereocenters. The van der Waals surface area contributed by atoms with Crippen molar-refractivity contribution in [3.8, 4) is 0 Å². The molecule has 15 heavy (non-hydrogen) atoms. The second kappa shape index (κ2) is 5.43. The molecule has 0 unspecified atom stereocenters. The van der Waals surface area contributed by atoms with E-state index in [4.69, 9.17) is 10.8 Å². The summed E-state index contributed by atoms with van der Waals surface area (Å²) in [5, 5.41) is 8.41. The first kappa shape index (κ1) is 14.3. The lowest BCUT2D eigenvalue weighted by Gasteiger charge is -2.30. The molecule has 0 spiro atoms. The van der Waals surface area contributed by atoms with Crippen LogP contribution >= 0.6 is 0 Å². The van der Waals surface area contributed by atoms with Crippen molar-refractivity contribution < 1.29 is 18.3 Å². The molecule has 90 valence electrons. The van der Waals surface area contributed by atoms with Gasteiger partial charge in [-0.2, -0.15) is 0 Å². The van der Waals surface area contributed by atoms with Crippen LogP contribution in [0.4, 0.5) is 0 Å². The molecule has 7 heteroatoms. The van der Waals surface area contributed by atoms with Gasteiger partial charge < -0.3 is 10.8 Å². The van der Waals surface area contributed by atoms with Crippen LogP contribution in [0.2, 0.25) is 0 Å². The number of hydrogen-bond donors (Lipinski definition) is 3. The van der Waals surface area contributed by atoms with Gasteiger partial charge in [-0.05, 0) is 12.8 Å². The predicted octanol–water partition coefficient (Wildman–Crippen LogP) is -0.492. The number of carboxylic acids is 1. The fourth-order valence-electron chi connectivity index (χ4n) is 1.25. The van der Waals surface area contributed by atoms with E-state index in [1.807, 2.05) is 0 Å². The molecule has 0 radical (unpaired) electrons. The summed E-state index contributed by atoms with van der Waals surface area (Å²) in [6.07, 6.45) is 1.05. The average molecular weight is 238 g/mol. The standard InChI is InChI=1S/C8H18N2O4S/c1-3-8(4-2,6-9)10-15(13,14)5-7(11)12/h10H,3-6,9H2,1-2H3,(H,11,12). The number of carbonyl (C=O) groups is 1. The number of aliphatic carboxylic acids is 1. The summed E-state index contributed by atoms with van der Waals surface area (Å²) in [7, 11) is -3.80. The van der Waals surface area contributed by atoms with E-state index in [2.05, 4.69) is 4.72 Å². The zero-order valence-corrected chi connectivity index (χ0v) is 9.80. The number of rotatable bonds is 7. The fourth-order valence-corrected chi connectivity index (χ4v) is 2.68. The molecule has 0 saturated heterocycles. The maximum Gasteiger partial charge on any atom is 0.320 e. The van der Waals surface area contributed by atoms with Crippen LogP contribution in [0.15, 0.2) is 0 Å². The minimum absolute atomic E-state index is 0.152. The zero-order valence-electron chi connectivity index (χ0n) is 8.99. The Hall–Kier alpha value is -0.660. The van der Waals surface area contributed by atoms with Crippen LogP contribution in [0.3, 0.4) is 0 Å². The quantitative estimate of drug-likeness (QED) is 0.554. The number of nitrogens with two attached hydrogens (primary N) is 1. The van der Waals surface area contributed by atoms with Crippen LogP contribution in [0.1, 0.15) is 26.7 Å². The van der Waals surface area contributed by atoms with Gasteiger partial charge in [0.25, 0.3) is 0 Å². The Kier molecular flexibility index (Phi) is 5.19. The van der Waals surface area contributed by atoms with Crippen LogP contribution in [0.5, 0.6) is 0 Å². The second-order valence-corrected chi connectivity index (χ2v) is 5.17. The van der Waals surface area contributed by atoms with Crippen LogP contribution in [0.25, 0.3) is 0 Å². The van der Waals surface area contributed by atoms with E-state index in [0.29, 0.717) is 12.8 Å². The summed E-state index contributed by atoms with van der Waals surface area (Å²) >= 11 is 0. The van der Waals surface area contributed by atoms with Gasteiger partial charge in [0.15, 0.2) is 5.75 Å². The molecule has 0 aromatic rings. The van der Waals surface area contributed by atoms with E-state index in [9.17, 15) is 13.2 Å². The number of nitrogens with one attached hydrogen (secondary N) is 1. The van der Waals surface area contributed by atoms with Crippen molar-refractivity contribution >= 4 is 16.0 Å². The Balaban J connectivity index is 4.74. The molecule has 0 saturated carbocycles. The first-order valence-electron chi connectivity index (χ1n) is 4.74. The summed E-state index contributed by atoms with van der Waals surface area (Å²) in [6, 6.07) is 0. The minimum Gasteiger partial charge on any atom is -0.480 e. The van der Waals surface area contributed by atoms with Crippen molar-refractivity contribution in [3.63, 3.8) is 0 Å². The van der Waals surface area contributed by atoms with E-state index in [1.165, 1.54) is 0 Å². The van der Waals surface area contributed by atoms with E-state index in [0.717, 1.165) is 0 Å². The number of hydrogen-bond acceptors (Lipinski definition) is 4. The largest absolute Gasteiger partial charge is 0.480 e. The Labute approximate surface area is 89.9 Å². The van der Waals surface area contributed by atoms with Gasteiger partial charge in [-0.3, -0.25) is 4.79 Å². The highest BCUT2D eigenvalue weighted by atomic mass is 32.2. The summed E-state index contributed by atoms with van der Waals surface area (Å²) in [5.74, 6) is -2.30. The number of carboxylic acid groups (broad SMARTS) is 1. The SMILES string of the molecule is CCC(CC)(CN)NS(=O)(=O)CC(=O)O. The Morgan fingerprint density at radius 1 is 1.40 bits per heavy atom. The Morgan fingerprint density at radius 2 is 1.87 bits per heavy atom. The predicted molar refractivity (Wildman–Crippen MR) is 56.9 cm³/mol. The highest BCUT2D eigenvalue weighted by molar-refractivity contribution is 7.90.